The van der Waals surface area contributed by atoms with Gasteiger partial charge in [0, 0.05) is 0 Å². The van der Waals surface area contributed by atoms with Crippen molar-refractivity contribution in [3.63, 3.8) is 0 Å². The normalized spacial score (nSPS) is 14.2. The lowest BCUT2D eigenvalue weighted by atomic mass is 10.1. The molecule has 24 heavy (non-hydrogen) atoms. The number of nitrogens with one attached hydrogen (secondary N) is 2. The minimum atomic E-state index is -3.77. The lowest BCUT2D eigenvalue weighted by Crippen LogP contribution is -2.15. The number of hydrogen-bond donors (Lipinski definition) is 2. The minimum Gasteiger partial charge on any atom is -0.491 e. The van der Waals surface area contributed by atoms with E-state index in [2.05, 4.69) is 10.0 Å². The average molecular weight is 346 g/mol. The van der Waals surface area contributed by atoms with Crippen molar-refractivity contribution in [2.24, 2.45) is 0 Å². The Labute approximate surface area is 140 Å². The van der Waals surface area contributed by atoms with Gasteiger partial charge >= 0.3 is 0 Å². The fourth-order valence-corrected chi connectivity index (χ4v) is 3.65. The summed E-state index contributed by atoms with van der Waals surface area (Å²) in [5, 5.41) is 2.66. The molecule has 7 heteroatoms. The lowest BCUT2D eigenvalue weighted by Gasteiger charge is -2.13. The number of sulfonamides is 1. The highest BCUT2D eigenvalue weighted by Crippen LogP contribution is 2.30. The summed E-state index contributed by atoms with van der Waals surface area (Å²) in [6.45, 7) is 4.06. The van der Waals surface area contributed by atoms with Gasteiger partial charge in [-0.25, -0.2) is 8.42 Å². The van der Waals surface area contributed by atoms with Gasteiger partial charge in [0.05, 0.1) is 29.3 Å². The maximum absolute atomic E-state index is 12.6. The van der Waals surface area contributed by atoms with Crippen LogP contribution in [0.5, 0.6) is 5.75 Å². The van der Waals surface area contributed by atoms with Crippen molar-refractivity contribution >= 4 is 27.3 Å². The van der Waals surface area contributed by atoms with E-state index in [4.69, 9.17) is 4.74 Å². The molecule has 1 amide bonds. The predicted molar refractivity (Wildman–Crippen MR) is 91.9 cm³/mol. The molecule has 2 N–H and O–H groups in total. The number of carbonyl (C=O) groups excluding carboxylic acids is 1. The van der Waals surface area contributed by atoms with Gasteiger partial charge in [0.2, 0.25) is 5.91 Å². The molecule has 126 valence electrons. The van der Waals surface area contributed by atoms with E-state index in [0.717, 1.165) is 11.1 Å². The molecule has 0 spiro atoms. The summed E-state index contributed by atoms with van der Waals surface area (Å²) in [6, 6.07) is 9.90. The highest BCUT2D eigenvalue weighted by Gasteiger charge is 2.20. The molecule has 1 heterocycles. The van der Waals surface area contributed by atoms with E-state index in [-0.39, 0.29) is 23.8 Å². The topological polar surface area (TPSA) is 84.5 Å². The van der Waals surface area contributed by atoms with Crippen LogP contribution < -0.4 is 14.8 Å². The number of anilines is 2. The summed E-state index contributed by atoms with van der Waals surface area (Å²) in [6.07, 6.45) is 0.234. The fourth-order valence-electron chi connectivity index (χ4n) is 2.50. The number of hydrogen-bond acceptors (Lipinski definition) is 4. The number of amides is 1. The molecule has 0 aromatic heterocycles. The summed E-state index contributed by atoms with van der Waals surface area (Å²) >= 11 is 0. The van der Waals surface area contributed by atoms with Crippen LogP contribution in [0.25, 0.3) is 0 Å². The summed E-state index contributed by atoms with van der Waals surface area (Å²) < 4.78 is 33.3. The number of rotatable bonds is 3. The monoisotopic (exact) mass is 346 g/mol. The molecule has 3 rings (SSSR count). The zero-order valence-electron chi connectivity index (χ0n) is 13.4. The van der Waals surface area contributed by atoms with Crippen LogP contribution in [0.15, 0.2) is 41.3 Å². The highest BCUT2D eigenvalue weighted by molar-refractivity contribution is 7.92. The highest BCUT2D eigenvalue weighted by atomic mass is 32.2. The third-order valence-electron chi connectivity index (χ3n) is 3.75. The van der Waals surface area contributed by atoms with Gasteiger partial charge in [0.1, 0.15) is 5.75 Å². The Kier molecular flexibility index (Phi) is 4.19. The molecule has 1 aliphatic rings. The zero-order valence-corrected chi connectivity index (χ0v) is 14.2. The van der Waals surface area contributed by atoms with Crippen LogP contribution >= 0.6 is 0 Å². The van der Waals surface area contributed by atoms with E-state index < -0.39 is 10.0 Å². The first-order chi connectivity index (χ1) is 11.3. The first-order valence-corrected chi connectivity index (χ1v) is 9.00. The van der Waals surface area contributed by atoms with E-state index in [9.17, 15) is 13.2 Å². The van der Waals surface area contributed by atoms with Gasteiger partial charge in [-0.05, 0) is 43.7 Å². The van der Waals surface area contributed by atoms with Gasteiger partial charge in [0.25, 0.3) is 10.0 Å². The molecular weight excluding hydrogens is 328 g/mol. The Morgan fingerprint density at radius 3 is 2.67 bits per heavy atom. The van der Waals surface area contributed by atoms with Gasteiger partial charge < -0.3 is 10.1 Å². The molecule has 2 aromatic rings. The molecular formula is C17H18N2O4S. The molecule has 0 unspecified atom stereocenters. The van der Waals surface area contributed by atoms with Crippen molar-refractivity contribution in [2.45, 2.75) is 25.2 Å². The van der Waals surface area contributed by atoms with Crippen LogP contribution in [0.1, 0.15) is 17.5 Å². The van der Waals surface area contributed by atoms with E-state index in [1.807, 2.05) is 26.0 Å². The van der Waals surface area contributed by atoms with Crippen molar-refractivity contribution in [2.75, 3.05) is 16.6 Å². The number of benzene rings is 2. The van der Waals surface area contributed by atoms with E-state index in [1.54, 1.807) is 12.1 Å². The van der Waals surface area contributed by atoms with Gasteiger partial charge in [-0.2, -0.15) is 0 Å². The SMILES string of the molecule is Cc1ccc(NS(=O)(=O)c2ccc3c(c2)NC(=O)CCO3)c(C)c1. The van der Waals surface area contributed by atoms with E-state index in [0.29, 0.717) is 17.1 Å². The summed E-state index contributed by atoms with van der Waals surface area (Å²) in [4.78, 5) is 11.7. The van der Waals surface area contributed by atoms with Crippen LogP contribution in [0, 0.1) is 13.8 Å². The molecule has 0 radical (unpaired) electrons. The van der Waals surface area contributed by atoms with Crippen molar-refractivity contribution in [3.05, 3.63) is 47.5 Å². The van der Waals surface area contributed by atoms with Crippen LogP contribution in [0.2, 0.25) is 0 Å². The fraction of sp³-hybridized carbons (Fsp3) is 0.235. The summed E-state index contributed by atoms with van der Waals surface area (Å²) in [5.74, 6) is 0.261. The van der Waals surface area contributed by atoms with Crippen LogP contribution in [0.3, 0.4) is 0 Å². The number of carbonyl (C=O) groups is 1. The Morgan fingerprint density at radius 2 is 1.92 bits per heavy atom. The average Bonchev–Trinajstić information content (AvgIpc) is 2.69. The lowest BCUT2D eigenvalue weighted by molar-refractivity contribution is -0.116. The second-order valence-electron chi connectivity index (χ2n) is 5.73. The van der Waals surface area contributed by atoms with Gasteiger partial charge in [0.15, 0.2) is 0 Å². The Bertz CT molecular complexity index is 907. The smallest absolute Gasteiger partial charge is 0.261 e. The molecule has 2 aromatic carbocycles. The van der Waals surface area contributed by atoms with Crippen molar-refractivity contribution in [1.82, 2.24) is 0 Å². The van der Waals surface area contributed by atoms with Gasteiger partial charge in [-0.1, -0.05) is 17.7 Å². The minimum absolute atomic E-state index is 0.0621. The Morgan fingerprint density at radius 1 is 1.12 bits per heavy atom. The molecule has 0 aliphatic carbocycles. The number of ether oxygens (including phenoxy) is 1. The second kappa shape index (κ2) is 6.16. The Hall–Kier alpha value is -2.54. The summed E-state index contributed by atoms with van der Waals surface area (Å²) in [7, 11) is -3.77. The molecule has 6 nitrogen and oxygen atoms in total. The maximum Gasteiger partial charge on any atom is 0.261 e. The number of aryl methyl sites for hydroxylation is 2. The standard InChI is InChI=1S/C17H18N2O4S/c1-11-3-5-14(12(2)9-11)19-24(21,22)13-4-6-16-15(10-13)18-17(20)7-8-23-16/h3-6,9-10,19H,7-8H2,1-2H3,(H,18,20). The quantitative estimate of drug-likeness (QED) is 0.895. The molecule has 0 saturated carbocycles. The first-order valence-electron chi connectivity index (χ1n) is 7.52. The van der Waals surface area contributed by atoms with Crippen molar-refractivity contribution in [1.29, 1.82) is 0 Å². The zero-order chi connectivity index (χ0) is 17.3. The Balaban J connectivity index is 1.94. The molecule has 0 saturated heterocycles. The molecule has 1 aliphatic heterocycles. The molecule has 0 atom stereocenters. The van der Waals surface area contributed by atoms with Crippen LogP contribution in [-0.4, -0.2) is 20.9 Å². The predicted octanol–water partition coefficient (Wildman–Crippen LogP) is 2.83. The van der Waals surface area contributed by atoms with Gasteiger partial charge in [-0.3, -0.25) is 9.52 Å². The van der Waals surface area contributed by atoms with Gasteiger partial charge in [-0.15, -0.1) is 0 Å². The maximum atomic E-state index is 12.6. The first kappa shape index (κ1) is 16.3. The largest absolute Gasteiger partial charge is 0.491 e. The third-order valence-corrected chi connectivity index (χ3v) is 5.11. The van der Waals surface area contributed by atoms with Crippen molar-refractivity contribution < 1.29 is 17.9 Å². The van der Waals surface area contributed by atoms with Crippen molar-refractivity contribution in [3.8, 4) is 5.75 Å². The van der Waals surface area contributed by atoms with Crippen LogP contribution in [0.4, 0.5) is 11.4 Å². The second-order valence-corrected chi connectivity index (χ2v) is 7.41. The molecule has 0 bridgehead atoms. The van der Waals surface area contributed by atoms with E-state index >= 15 is 0 Å². The molecule has 0 fully saturated rings. The van der Waals surface area contributed by atoms with E-state index in [1.165, 1.54) is 12.1 Å². The van der Waals surface area contributed by atoms with Crippen LogP contribution in [-0.2, 0) is 14.8 Å². The summed E-state index contributed by atoms with van der Waals surface area (Å²) in [5.41, 5.74) is 2.78. The third kappa shape index (κ3) is 3.35. The number of fused-ring (bicyclic) bond motifs is 1.